The number of aromatic amines is 1. The minimum atomic E-state index is -0.409. The van der Waals surface area contributed by atoms with Crippen molar-refractivity contribution < 1.29 is 4.42 Å². The van der Waals surface area contributed by atoms with E-state index in [1.165, 1.54) is 11.3 Å². The number of rotatable bonds is 4. The van der Waals surface area contributed by atoms with E-state index in [0.717, 1.165) is 21.5 Å². The number of fused-ring (bicyclic) bond motifs is 2. The molecule has 0 aliphatic rings. The summed E-state index contributed by atoms with van der Waals surface area (Å²) in [6.45, 7) is 2.33. The van der Waals surface area contributed by atoms with Crippen molar-refractivity contribution in [3.63, 3.8) is 0 Å². The minimum Gasteiger partial charge on any atom is -0.408 e. The van der Waals surface area contributed by atoms with Gasteiger partial charge < -0.3 is 9.40 Å². The molecule has 0 fully saturated rings. The summed E-state index contributed by atoms with van der Waals surface area (Å²) in [4.78, 5) is 34.2. The first-order valence-corrected chi connectivity index (χ1v) is 10.1. The van der Waals surface area contributed by atoms with Crippen LogP contribution in [0.5, 0.6) is 0 Å². The highest BCUT2D eigenvalue weighted by molar-refractivity contribution is 7.22. The molecule has 3 heterocycles. The van der Waals surface area contributed by atoms with Gasteiger partial charge in [0.15, 0.2) is 5.58 Å². The van der Waals surface area contributed by atoms with E-state index in [4.69, 9.17) is 4.42 Å². The lowest BCUT2D eigenvalue weighted by atomic mass is 10.1. The van der Waals surface area contributed by atoms with Crippen LogP contribution in [0.1, 0.15) is 11.4 Å². The van der Waals surface area contributed by atoms with E-state index in [1.807, 2.05) is 55.5 Å². The van der Waals surface area contributed by atoms with Crippen LogP contribution in [0.2, 0.25) is 0 Å². The maximum absolute atomic E-state index is 12.7. The third-order valence-corrected chi connectivity index (χ3v) is 6.27. The zero-order valence-corrected chi connectivity index (χ0v) is 16.5. The number of hydrogen-bond donors (Lipinski definition) is 1. The second kappa shape index (κ2) is 6.86. The topological polar surface area (TPSA) is 80.9 Å². The highest BCUT2D eigenvalue weighted by atomic mass is 32.1. The Morgan fingerprint density at radius 3 is 2.66 bits per heavy atom. The second-order valence-electron chi connectivity index (χ2n) is 6.85. The van der Waals surface area contributed by atoms with Gasteiger partial charge >= 0.3 is 5.76 Å². The van der Waals surface area contributed by atoms with E-state index in [1.54, 1.807) is 10.6 Å². The summed E-state index contributed by atoms with van der Waals surface area (Å²) in [7, 11) is 0. The number of nitrogens with zero attached hydrogens (tertiary/aromatic N) is 2. The van der Waals surface area contributed by atoms with Crippen LogP contribution in [0, 0.1) is 6.92 Å². The standard InChI is InChI=1S/C22H17N3O3S/c1-13-18-20(26)23-17(24-21(18)29-19(13)14-7-3-2-4-8-14)11-12-25-15-9-5-6-10-16(15)28-22(25)27/h2-10H,11-12H2,1H3,(H,23,24,26). The molecular formula is C22H17N3O3S. The molecule has 0 saturated heterocycles. The average molecular weight is 403 g/mol. The van der Waals surface area contributed by atoms with Crippen molar-refractivity contribution in [2.45, 2.75) is 19.9 Å². The number of aromatic nitrogens is 3. The number of hydrogen-bond acceptors (Lipinski definition) is 5. The molecule has 7 heteroatoms. The Hall–Kier alpha value is -3.45. The largest absolute Gasteiger partial charge is 0.419 e. The van der Waals surface area contributed by atoms with Crippen molar-refractivity contribution >= 4 is 32.7 Å². The first kappa shape index (κ1) is 17.6. The van der Waals surface area contributed by atoms with E-state index in [9.17, 15) is 9.59 Å². The van der Waals surface area contributed by atoms with Gasteiger partial charge in [-0.3, -0.25) is 9.36 Å². The minimum absolute atomic E-state index is 0.148. The van der Waals surface area contributed by atoms with Gasteiger partial charge in [-0.25, -0.2) is 9.78 Å². The van der Waals surface area contributed by atoms with Crippen LogP contribution in [0.15, 0.2) is 68.6 Å². The van der Waals surface area contributed by atoms with Crippen molar-refractivity contribution in [1.29, 1.82) is 0 Å². The average Bonchev–Trinajstić information content (AvgIpc) is 3.23. The van der Waals surface area contributed by atoms with Gasteiger partial charge in [0, 0.05) is 17.8 Å². The van der Waals surface area contributed by atoms with E-state index in [-0.39, 0.29) is 5.56 Å². The second-order valence-corrected chi connectivity index (χ2v) is 7.85. The van der Waals surface area contributed by atoms with Gasteiger partial charge in [-0.1, -0.05) is 42.5 Å². The lowest BCUT2D eigenvalue weighted by Crippen LogP contribution is -2.18. The first-order valence-electron chi connectivity index (χ1n) is 9.28. The normalized spacial score (nSPS) is 11.5. The molecule has 0 bridgehead atoms. The Morgan fingerprint density at radius 2 is 1.83 bits per heavy atom. The summed E-state index contributed by atoms with van der Waals surface area (Å²) < 4.78 is 6.83. The molecule has 0 atom stereocenters. The number of benzene rings is 2. The van der Waals surface area contributed by atoms with Gasteiger partial charge in [-0.05, 0) is 30.2 Å². The maximum atomic E-state index is 12.7. The van der Waals surface area contributed by atoms with Gasteiger partial charge in [0.05, 0.1) is 10.9 Å². The van der Waals surface area contributed by atoms with Crippen molar-refractivity contribution in [2.75, 3.05) is 0 Å². The molecule has 5 rings (SSSR count). The SMILES string of the molecule is Cc1c(-c2ccccc2)sc2nc(CCn3c(=O)oc4ccccc43)[nH]c(=O)c12. The zero-order chi connectivity index (χ0) is 20.0. The summed E-state index contributed by atoms with van der Waals surface area (Å²) in [5.41, 5.74) is 3.15. The zero-order valence-electron chi connectivity index (χ0n) is 15.6. The van der Waals surface area contributed by atoms with E-state index >= 15 is 0 Å². The Balaban J connectivity index is 1.52. The Labute approximate surface area is 169 Å². The molecule has 0 saturated carbocycles. The summed E-state index contributed by atoms with van der Waals surface area (Å²) >= 11 is 1.52. The summed E-state index contributed by atoms with van der Waals surface area (Å²) in [5, 5.41) is 0.628. The number of para-hydroxylation sites is 2. The van der Waals surface area contributed by atoms with E-state index in [2.05, 4.69) is 9.97 Å². The van der Waals surface area contributed by atoms with Gasteiger partial charge in [-0.2, -0.15) is 0 Å². The molecular weight excluding hydrogens is 386 g/mol. The fourth-order valence-electron chi connectivity index (χ4n) is 3.62. The highest BCUT2D eigenvalue weighted by Gasteiger charge is 2.16. The molecule has 1 N–H and O–H groups in total. The maximum Gasteiger partial charge on any atom is 0.419 e. The van der Waals surface area contributed by atoms with Crippen molar-refractivity contribution in [1.82, 2.24) is 14.5 Å². The van der Waals surface area contributed by atoms with E-state index < -0.39 is 5.76 Å². The fraction of sp³-hybridized carbons (Fsp3) is 0.136. The molecule has 5 aromatic rings. The molecule has 0 radical (unpaired) electrons. The summed E-state index contributed by atoms with van der Waals surface area (Å²) in [6, 6.07) is 17.3. The first-order chi connectivity index (χ1) is 14.1. The Kier molecular flexibility index (Phi) is 4.17. The molecule has 0 amide bonds. The van der Waals surface area contributed by atoms with Gasteiger partial charge in [0.1, 0.15) is 10.7 Å². The summed E-state index contributed by atoms with van der Waals surface area (Å²) in [5.74, 6) is 0.147. The van der Waals surface area contributed by atoms with Crippen molar-refractivity contribution in [3.8, 4) is 10.4 Å². The quantitative estimate of drug-likeness (QED) is 0.490. The molecule has 0 spiro atoms. The van der Waals surface area contributed by atoms with Crippen molar-refractivity contribution in [2.24, 2.45) is 0 Å². The van der Waals surface area contributed by atoms with Crippen LogP contribution in [0.4, 0.5) is 0 Å². The number of H-pyrrole nitrogens is 1. The third-order valence-electron chi connectivity index (χ3n) is 5.03. The lowest BCUT2D eigenvalue weighted by Gasteiger charge is -2.03. The number of nitrogens with one attached hydrogen (secondary N) is 1. The molecule has 3 aromatic heterocycles. The molecule has 144 valence electrons. The number of aryl methyl sites for hydroxylation is 3. The van der Waals surface area contributed by atoms with Crippen molar-refractivity contribution in [3.05, 3.63) is 86.9 Å². The third kappa shape index (κ3) is 3.00. The fourth-order valence-corrected chi connectivity index (χ4v) is 4.82. The molecule has 0 unspecified atom stereocenters. The van der Waals surface area contributed by atoms with Crippen LogP contribution in [0.25, 0.3) is 31.8 Å². The monoisotopic (exact) mass is 403 g/mol. The predicted molar refractivity (Wildman–Crippen MR) is 115 cm³/mol. The molecule has 29 heavy (non-hydrogen) atoms. The van der Waals surface area contributed by atoms with E-state index in [0.29, 0.717) is 34.6 Å². The van der Waals surface area contributed by atoms with Gasteiger partial charge in [0.25, 0.3) is 5.56 Å². The number of thiophene rings is 1. The van der Waals surface area contributed by atoms with Crippen LogP contribution in [-0.2, 0) is 13.0 Å². The highest BCUT2D eigenvalue weighted by Crippen LogP contribution is 2.35. The predicted octanol–water partition coefficient (Wildman–Crippen LogP) is 4.11. The van der Waals surface area contributed by atoms with Crippen LogP contribution < -0.4 is 11.3 Å². The van der Waals surface area contributed by atoms with Crippen LogP contribution in [0.3, 0.4) is 0 Å². The number of oxazole rings is 1. The van der Waals surface area contributed by atoms with Gasteiger partial charge in [-0.15, -0.1) is 11.3 Å². The molecule has 0 aliphatic carbocycles. The van der Waals surface area contributed by atoms with Gasteiger partial charge in [0.2, 0.25) is 0 Å². The molecule has 0 aliphatic heterocycles. The Bertz CT molecular complexity index is 1460. The molecule has 2 aromatic carbocycles. The summed E-state index contributed by atoms with van der Waals surface area (Å²) in [6.07, 6.45) is 0.423. The molecule has 6 nitrogen and oxygen atoms in total. The Morgan fingerprint density at radius 1 is 1.07 bits per heavy atom. The van der Waals surface area contributed by atoms with Crippen LogP contribution >= 0.6 is 11.3 Å². The van der Waals surface area contributed by atoms with Crippen LogP contribution in [-0.4, -0.2) is 14.5 Å². The lowest BCUT2D eigenvalue weighted by molar-refractivity contribution is 0.503. The smallest absolute Gasteiger partial charge is 0.408 e.